The molecule has 0 fully saturated rings. The van der Waals surface area contributed by atoms with Gasteiger partial charge in [-0.15, -0.1) is 0 Å². The Labute approximate surface area is 155 Å². The Kier molecular flexibility index (Phi) is 4.30. The highest BCUT2D eigenvalue weighted by Gasteiger charge is 2.27. The third-order valence-electron chi connectivity index (χ3n) is 4.49. The number of hydrogen-bond acceptors (Lipinski definition) is 5. The topological polar surface area (TPSA) is 101 Å². The van der Waals surface area contributed by atoms with Crippen molar-refractivity contribution in [3.05, 3.63) is 70.9 Å². The highest BCUT2D eigenvalue weighted by Crippen LogP contribution is 2.27. The number of rotatable bonds is 4. The average Bonchev–Trinajstić information content (AvgIpc) is 3.29. The van der Waals surface area contributed by atoms with Gasteiger partial charge in [-0.25, -0.2) is 0 Å². The number of aromatic nitrogens is 2. The second kappa shape index (κ2) is 6.92. The number of hydrogen-bond donors (Lipinski definition) is 1. The fourth-order valence-corrected chi connectivity index (χ4v) is 3.23. The first-order valence-electron chi connectivity index (χ1n) is 8.60. The highest BCUT2D eigenvalue weighted by molar-refractivity contribution is 6.13. The number of carbonyl (C=O) groups is 2. The van der Waals surface area contributed by atoms with E-state index in [0.29, 0.717) is 42.0 Å². The molecule has 0 unspecified atom stereocenters. The zero-order valence-electron chi connectivity index (χ0n) is 14.4. The van der Waals surface area contributed by atoms with E-state index >= 15 is 0 Å². The quantitative estimate of drug-likeness (QED) is 0.770. The Balaban J connectivity index is 1.48. The van der Waals surface area contributed by atoms with E-state index in [0.717, 1.165) is 12.0 Å². The molecule has 0 radical (unpaired) electrons. The molecule has 27 heavy (non-hydrogen) atoms. The van der Waals surface area contributed by atoms with Crippen molar-refractivity contribution in [2.45, 2.75) is 25.8 Å². The Hall–Kier alpha value is -3.66. The van der Waals surface area contributed by atoms with Crippen molar-refractivity contribution in [1.82, 2.24) is 9.78 Å². The molecule has 0 saturated heterocycles. The van der Waals surface area contributed by atoms with Gasteiger partial charge in [0.05, 0.1) is 41.2 Å². The number of nitriles is 1. The van der Waals surface area contributed by atoms with Crippen LogP contribution < -0.4 is 5.32 Å². The molecule has 134 valence electrons. The summed E-state index contributed by atoms with van der Waals surface area (Å²) < 4.78 is 7.06. The van der Waals surface area contributed by atoms with Gasteiger partial charge >= 0.3 is 0 Å². The number of fused-ring (bicyclic) bond motifs is 1. The zero-order valence-corrected chi connectivity index (χ0v) is 14.4. The molecule has 3 aromatic rings. The minimum atomic E-state index is -0.388. The van der Waals surface area contributed by atoms with Crippen LogP contribution in [0.1, 0.15) is 50.4 Å². The molecule has 7 heteroatoms. The number of amides is 1. The smallest absolute Gasteiger partial charge is 0.259 e. The van der Waals surface area contributed by atoms with E-state index in [1.165, 1.54) is 6.26 Å². The van der Waals surface area contributed by atoms with Crippen LogP contribution in [0.25, 0.3) is 0 Å². The molecule has 1 N–H and O–H groups in total. The van der Waals surface area contributed by atoms with Gasteiger partial charge in [-0.3, -0.25) is 14.3 Å². The van der Waals surface area contributed by atoms with Crippen LogP contribution in [-0.2, 0) is 13.0 Å². The number of carbonyl (C=O) groups excluding carboxylic acids is 2. The van der Waals surface area contributed by atoms with Crippen molar-refractivity contribution in [3.8, 4) is 6.07 Å². The Morgan fingerprint density at radius 3 is 3.11 bits per heavy atom. The number of ketones is 1. The monoisotopic (exact) mass is 360 g/mol. The summed E-state index contributed by atoms with van der Waals surface area (Å²) in [4.78, 5) is 24.7. The van der Waals surface area contributed by atoms with Gasteiger partial charge in [0.25, 0.3) is 5.91 Å². The summed E-state index contributed by atoms with van der Waals surface area (Å²) >= 11 is 0. The van der Waals surface area contributed by atoms with E-state index in [9.17, 15) is 9.59 Å². The fourth-order valence-electron chi connectivity index (χ4n) is 3.23. The molecule has 1 aromatic carbocycles. The summed E-state index contributed by atoms with van der Waals surface area (Å²) in [6, 6.07) is 9.37. The van der Waals surface area contributed by atoms with Crippen molar-refractivity contribution < 1.29 is 14.0 Å². The van der Waals surface area contributed by atoms with E-state index in [1.54, 1.807) is 29.2 Å². The van der Waals surface area contributed by atoms with Gasteiger partial charge in [0.2, 0.25) is 0 Å². The second-order valence-corrected chi connectivity index (χ2v) is 6.42. The summed E-state index contributed by atoms with van der Waals surface area (Å²) in [5, 5.41) is 16.0. The minimum Gasteiger partial charge on any atom is -0.468 e. The van der Waals surface area contributed by atoms with Crippen molar-refractivity contribution in [3.63, 3.8) is 0 Å². The lowest BCUT2D eigenvalue weighted by Crippen LogP contribution is -2.17. The average molecular weight is 360 g/mol. The lowest BCUT2D eigenvalue weighted by Gasteiger charge is -2.09. The van der Waals surface area contributed by atoms with Gasteiger partial charge in [-0.1, -0.05) is 12.1 Å². The van der Waals surface area contributed by atoms with E-state index in [4.69, 9.17) is 9.68 Å². The number of nitrogens with zero attached hydrogens (tertiary/aromatic N) is 3. The Bertz CT molecular complexity index is 1070. The lowest BCUT2D eigenvalue weighted by molar-refractivity contribution is 0.0955. The molecular formula is C20H16N4O3. The molecule has 2 aromatic heterocycles. The van der Waals surface area contributed by atoms with Gasteiger partial charge in [0, 0.05) is 19.0 Å². The first kappa shape index (κ1) is 16.8. The van der Waals surface area contributed by atoms with Gasteiger partial charge in [-0.2, -0.15) is 10.4 Å². The van der Waals surface area contributed by atoms with Crippen LogP contribution in [0.15, 0.2) is 47.3 Å². The largest absolute Gasteiger partial charge is 0.468 e. The van der Waals surface area contributed by atoms with Crippen molar-refractivity contribution in [2.75, 3.05) is 5.32 Å². The molecule has 1 amide bonds. The molecule has 4 rings (SSSR count). The van der Waals surface area contributed by atoms with Crippen LogP contribution in [0.2, 0.25) is 0 Å². The number of Topliss-reactive ketones (excluding diaryl/α,β-unsaturated/α-hetero) is 1. The standard InChI is InChI=1S/C20H16N4O3/c21-8-13-3-1-4-14(7-13)10-24-11-15(9-22-24)23-20(26)16-12-27-18-6-2-5-17(25)19(16)18/h1,3-4,7,9,11-12H,2,5-6,10H2,(H,23,26). The van der Waals surface area contributed by atoms with Crippen LogP contribution in [0.3, 0.4) is 0 Å². The van der Waals surface area contributed by atoms with Gasteiger partial charge in [0.1, 0.15) is 12.0 Å². The normalized spacial score (nSPS) is 13.1. The van der Waals surface area contributed by atoms with Gasteiger partial charge in [-0.05, 0) is 24.1 Å². The fraction of sp³-hybridized carbons (Fsp3) is 0.200. The van der Waals surface area contributed by atoms with Crippen LogP contribution >= 0.6 is 0 Å². The first-order valence-corrected chi connectivity index (χ1v) is 8.60. The predicted octanol–water partition coefficient (Wildman–Crippen LogP) is 3.17. The second-order valence-electron chi connectivity index (χ2n) is 6.42. The van der Waals surface area contributed by atoms with Crippen molar-refractivity contribution in [1.29, 1.82) is 5.26 Å². The van der Waals surface area contributed by atoms with E-state index < -0.39 is 0 Å². The van der Waals surface area contributed by atoms with Crippen LogP contribution in [0.4, 0.5) is 5.69 Å². The number of nitrogens with one attached hydrogen (secondary N) is 1. The summed E-state index contributed by atoms with van der Waals surface area (Å²) in [5.41, 5.74) is 2.71. The number of anilines is 1. The van der Waals surface area contributed by atoms with Crippen LogP contribution in [-0.4, -0.2) is 21.5 Å². The predicted molar refractivity (Wildman–Crippen MR) is 96.4 cm³/mol. The number of benzene rings is 1. The molecule has 1 aliphatic carbocycles. The Morgan fingerprint density at radius 1 is 1.37 bits per heavy atom. The number of furan rings is 1. The zero-order chi connectivity index (χ0) is 18.8. The molecule has 7 nitrogen and oxygen atoms in total. The molecule has 0 atom stereocenters. The number of aryl methyl sites for hydroxylation is 1. The Morgan fingerprint density at radius 2 is 2.26 bits per heavy atom. The summed E-state index contributed by atoms with van der Waals surface area (Å²) in [5.74, 6) is 0.147. The van der Waals surface area contributed by atoms with E-state index in [1.807, 2.05) is 12.1 Å². The summed E-state index contributed by atoms with van der Waals surface area (Å²) in [6.07, 6.45) is 6.45. The first-order chi connectivity index (χ1) is 13.1. The van der Waals surface area contributed by atoms with E-state index in [2.05, 4.69) is 16.5 Å². The molecular weight excluding hydrogens is 344 g/mol. The molecule has 0 spiro atoms. The van der Waals surface area contributed by atoms with Gasteiger partial charge < -0.3 is 9.73 Å². The maximum Gasteiger partial charge on any atom is 0.259 e. The third kappa shape index (κ3) is 3.37. The highest BCUT2D eigenvalue weighted by atomic mass is 16.3. The van der Waals surface area contributed by atoms with E-state index in [-0.39, 0.29) is 17.3 Å². The third-order valence-corrected chi connectivity index (χ3v) is 4.49. The van der Waals surface area contributed by atoms with Crippen molar-refractivity contribution in [2.24, 2.45) is 0 Å². The molecule has 0 saturated carbocycles. The maximum absolute atomic E-state index is 12.5. The minimum absolute atomic E-state index is 0.0526. The summed E-state index contributed by atoms with van der Waals surface area (Å²) in [6.45, 7) is 0.477. The molecule has 0 aliphatic heterocycles. The molecule has 2 heterocycles. The van der Waals surface area contributed by atoms with Gasteiger partial charge in [0.15, 0.2) is 5.78 Å². The van der Waals surface area contributed by atoms with Crippen LogP contribution in [0, 0.1) is 11.3 Å². The maximum atomic E-state index is 12.5. The van der Waals surface area contributed by atoms with Crippen LogP contribution in [0.5, 0.6) is 0 Å². The summed E-state index contributed by atoms with van der Waals surface area (Å²) in [7, 11) is 0. The molecule has 0 bridgehead atoms. The lowest BCUT2D eigenvalue weighted by atomic mass is 9.94. The SMILES string of the molecule is N#Cc1cccc(Cn2cc(NC(=O)c3coc4c3C(=O)CCC4)cn2)c1. The molecule has 1 aliphatic rings. The van der Waals surface area contributed by atoms with Crippen molar-refractivity contribution >= 4 is 17.4 Å².